The lowest BCUT2D eigenvalue weighted by molar-refractivity contribution is 0.669. The van der Waals surface area contributed by atoms with Crippen molar-refractivity contribution in [3.05, 3.63) is 114 Å². The van der Waals surface area contributed by atoms with Crippen LogP contribution in [0.1, 0.15) is 0 Å². The Morgan fingerprint density at radius 3 is 2.10 bits per heavy atom. The quantitative estimate of drug-likeness (QED) is 0.260. The lowest BCUT2D eigenvalue weighted by Crippen LogP contribution is -2.10. The molecule has 6 rings (SSSR count). The highest BCUT2D eigenvalue weighted by molar-refractivity contribution is 9.10. The van der Waals surface area contributed by atoms with E-state index in [0.717, 1.165) is 43.5 Å². The van der Waals surface area contributed by atoms with Gasteiger partial charge in [-0.3, -0.25) is 0 Å². The topological polar surface area (TPSA) is 16.4 Å². The molecule has 5 aromatic carbocycles. The summed E-state index contributed by atoms with van der Waals surface area (Å²) in [5.41, 5.74) is 5.16. The number of fused-ring (bicyclic) bond motifs is 4. The number of halogens is 1. The molecule has 0 saturated carbocycles. The number of hydrogen-bond acceptors (Lipinski definition) is 2. The van der Waals surface area contributed by atoms with Crippen LogP contribution in [0.2, 0.25) is 0 Å². The second-order valence-electron chi connectivity index (χ2n) is 7.59. The summed E-state index contributed by atoms with van der Waals surface area (Å²) in [6.45, 7) is 0. The fourth-order valence-electron chi connectivity index (χ4n) is 4.27. The predicted octanol–water partition coefficient (Wildman–Crippen LogP) is 8.97. The molecule has 148 valence electrons. The first-order valence-corrected chi connectivity index (χ1v) is 11.0. The number of furan rings is 1. The third kappa shape index (κ3) is 3.09. The maximum Gasteiger partial charge on any atom is 0.135 e. The van der Waals surface area contributed by atoms with Crippen molar-refractivity contribution in [1.29, 1.82) is 0 Å². The van der Waals surface area contributed by atoms with E-state index in [1.165, 1.54) is 10.8 Å². The number of nitrogens with zero attached hydrogens (tertiary/aromatic N) is 1. The van der Waals surface area contributed by atoms with Crippen molar-refractivity contribution in [3.8, 4) is 0 Å². The van der Waals surface area contributed by atoms with Gasteiger partial charge in [0, 0.05) is 32.0 Å². The first kappa shape index (κ1) is 18.2. The number of anilines is 3. The van der Waals surface area contributed by atoms with Gasteiger partial charge < -0.3 is 9.32 Å². The highest BCUT2D eigenvalue weighted by Gasteiger charge is 2.17. The molecule has 6 aromatic rings. The molecule has 0 unspecified atom stereocenters. The van der Waals surface area contributed by atoms with E-state index in [4.69, 9.17) is 4.42 Å². The largest absolute Gasteiger partial charge is 0.456 e. The van der Waals surface area contributed by atoms with Gasteiger partial charge in [-0.25, -0.2) is 0 Å². The minimum Gasteiger partial charge on any atom is -0.456 e. The molecule has 31 heavy (non-hydrogen) atoms. The Morgan fingerprint density at radius 2 is 1.23 bits per heavy atom. The fraction of sp³-hybridized carbons (Fsp3) is 0. The number of hydrogen-bond donors (Lipinski definition) is 0. The van der Waals surface area contributed by atoms with Gasteiger partial charge in [-0.05, 0) is 60.0 Å². The monoisotopic (exact) mass is 463 g/mol. The van der Waals surface area contributed by atoms with Gasteiger partial charge in [0.2, 0.25) is 0 Å². The highest BCUT2D eigenvalue weighted by atomic mass is 79.9. The minimum atomic E-state index is 0.902. The van der Waals surface area contributed by atoms with Gasteiger partial charge in [0.05, 0.1) is 5.69 Å². The van der Waals surface area contributed by atoms with Crippen LogP contribution in [-0.4, -0.2) is 0 Å². The van der Waals surface area contributed by atoms with E-state index in [2.05, 4.69) is 118 Å². The second kappa shape index (κ2) is 7.29. The third-order valence-electron chi connectivity index (χ3n) is 5.71. The third-order valence-corrected chi connectivity index (χ3v) is 6.24. The summed E-state index contributed by atoms with van der Waals surface area (Å²) >= 11 is 3.57. The summed E-state index contributed by atoms with van der Waals surface area (Å²) in [6, 6.07) is 38.1. The highest BCUT2D eigenvalue weighted by Crippen LogP contribution is 2.41. The van der Waals surface area contributed by atoms with Crippen molar-refractivity contribution in [1.82, 2.24) is 0 Å². The molecule has 0 aliphatic carbocycles. The average Bonchev–Trinajstić information content (AvgIpc) is 3.19. The van der Waals surface area contributed by atoms with Crippen LogP contribution in [0, 0.1) is 0 Å². The molecular formula is C28H18BrNO. The number of para-hydroxylation sites is 1. The molecule has 0 atom stereocenters. The van der Waals surface area contributed by atoms with Crippen LogP contribution in [0.15, 0.2) is 118 Å². The number of rotatable bonds is 3. The summed E-state index contributed by atoms with van der Waals surface area (Å²) in [4.78, 5) is 2.32. The van der Waals surface area contributed by atoms with Gasteiger partial charge >= 0.3 is 0 Å². The maximum absolute atomic E-state index is 6.06. The Kier molecular flexibility index (Phi) is 4.29. The Morgan fingerprint density at radius 1 is 0.548 bits per heavy atom. The van der Waals surface area contributed by atoms with E-state index in [9.17, 15) is 0 Å². The number of benzene rings is 5. The standard InChI is InChI=1S/C28H18BrNO/c29-20-12-14-21(15-13-20)30(26-10-5-7-19-6-1-2-8-23(19)26)22-16-17-28-25(18-22)24-9-3-4-11-27(24)31-28/h1-18H. The lowest BCUT2D eigenvalue weighted by atomic mass is 10.1. The molecule has 0 spiro atoms. The zero-order valence-corrected chi connectivity index (χ0v) is 18.2. The molecule has 0 amide bonds. The van der Waals surface area contributed by atoms with E-state index >= 15 is 0 Å². The van der Waals surface area contributed by atoms with E-state index in [-0.39, 0.29) is 0 Å². The zero-order chi connectivity index (χ0) is 20.8. The summed E-state index contributed by atoms with van der Waals surface area (Å²) in [7, 11) is 0. The van der Waals surface area contributed by atoms with E-state index < -0.39 is 0 Å². The first-order chi connectivity index (χ1) is 15.3. The van der Waals surface area contributed by atoms with E-state index in [0.29, 0.717) is 0 Å². The van der Waals surface area contributed by atoms with Crippen LogP contribution >= 0.6 is 15.9 Å². The smallest absolute Gasteiger partial charge is 0.135 e. The van der Waals surface area contributed by atoms with Gasteiger partial charge in [0.15, 0.2) is 0 Å². The average molecular weight is 464 g/mol. The molecule has 0 aliphatic rings. The molecule has 0 fully saturated rings. The Balaban J connectivity index is 1.64. The van der Waals surface area contributed by atoms with Gasteiger partial charge in [0.25, 0.3) is 0 Å². The molecule has 0 radical (unpaired) electrons. The van der Waals surface area contributed by atoms with Crippen LogP contribution in [0.5, 0.6) is 0 Å². The van der Waals surface area contributed by atoms with E-state index in [1.807, 2.05) is 12.1 Å². The van der Waals surface area contributed by atoms with Gasteiger partial charge in [-0.2, -0.15) is 0 Å². The predicted molar refractivity (Wildman–Crippen MR) is 134 cm³/mol. The van der Waals surface area contributed by atoms with Crippen molar-refractivity contribution < 1.29 is 4.42 Å². The molecule has 1 heterocycles. The molecule has 0 bridgehead atoms. The van der Waals surface area contributed by atoms with Crippen LogP contribution in [0.25, 0.3) is 32.7 Å². The summed E-state index contributed by atoms with van der Waals surface area (Å²) in [5, 5.41) is 4.69. The summed E-state index contributed by atoms with van der Waals surface area (Å²) in [6.07, 6.45) is 0. The maximum atomic E-state index is 6.06. The van der Waals surface area contributed by atoms with Crippen molar-refractivity contribution in [3.63, 3.8) is 0 Å². The van der Waals surface area contributed by atoms with Crippen molar-refractivity contribution in [2.45, 2.75) is 0 Å². The van der Waals surface area contributed by atoms with E-state index in [1.54, 1.807) is 0 Å². The molecule has 3 heteroatoms. The molecule has 0 N–H and O–H groups in total. The van der Waals surface area contributed by atoms with Gasteiger partial charge in [-0.1, -0.05) is 70.5 Å². The minimum absolute atomic E-state index is 0.902. The normalized spacial score (nSPS) is 11.4. The van der Waals surface area contributed by atoms with Crippen molar-refractivity contribution in [2.24, 2.45) is 0 Å². The first-order valence-electron chi connectivity index (χ1n) is 10.2. The SMILES string of the molecule is Brc1ccc(N(c2ccc3oc4ccccc4c3c2)c2cccc3ccccc23)cc1. The van der Waals surface area contributed by atoms with Crippen molar-refractivity contribution in [2.75, 3.05) is 4.90 Å². The Bertz CT molecular complexity index is 1540. The van der Waals surface area contributed by atoms with Crippen LogP contribution in [-0.2, 0) is 0 Å². The van der Waals surface area contributed by atoms with Crippen molar-refractivity contribution >= 4 is 65.7 Å². The fourth-order valence-corrected chi connectivity index (χ4v) is 4.54. The molecular weight excluding hydrogens is 446 g/mol. The molecule has 0 aliphatic heterocycles. The van der Waals surface area contributed by atoms with Gasteiger partial charge in [0.1, 0.15) is 11.2 Å². The van der Waals surface area contributed by atoms with Crippen LogP contribution in [0.4, 0.5) is 17.1 Å². The summed E-state index contributed by atoms with van der Waals surface area (Å²) in [5.74, 6) is 0. The van der Waals surface area contributed by atoms with Crippen LogP contribution < -0.4 is 4.90 Å². The molecule has 2 nitrogen and oxygen atoms in total. The Labute approximate surface area is 188 Å². The summed E-state index contributed by atoms with van der Waals surface area (Å²) < 4.78 is 7.12. The Hall–Kier alpha value is -3.56. The molecule has 1 aromatic heterocycles. The van der Waals surface area contributed by atoms with Crippen LogP contribution in [0.3, 0.4) is 0 Å². The second-order valence-corrected chi connectivity index (χ2v) is 8.50. The zero-order valence-electron chi connectivity index (χ0n) is 16.6. The van der Waals surface area contributed by atoms with Gasteiger partial charge in [-0.15, -0.1) is 0 Å². The molecule has 0 saturated heterocycles. The lowest BCUT2D eigenvalue weighted by Gasteiger charge is -2.27.